The fourth-order valence-corrected chi connectivity index (χ4v) is 2.49. The van der Waals surface area contributed by atoms with Crippen LogP contribution in [0.2, 0.25) is 0 Å². The number of nitrogens with one attached hydrogen (secondary N) is 2. The van der Waals surface area contributed by atoms with Crippen LogP contribution in [0, 0.1) is 0 Å². The number of carbonyl (C=O) groups is 2. The highest BCUT2D eigenvalue weighted by Crippen LogP contribution is 2.33. The molecule has 1 aromatic heterocycles. The summed E-state index contributed by atoms with van der Waals surface area (Å²) in [6.07, 6.45) is 0. The van der Waals surface area contributed by atoms with Gasteiger partial charge in [-0.1, -0.05) is 0 Å². The highest BCUT2D eigenvalue weighted by Gasteiger charge is 2.12. The number of benzene rings is 1. The molecule has 1 amide bonds. The summed E-state index contributed by atoms with van der Waals surface area (Å²) in [5.74, 6) is 1.09. The molecule has 0 aliphatic rings. The zero-order chi connectivity index (χ0) is 18.4. The van der Waals surface area contributed by atoms with Gasteiger partial charge in [0.15, 0.2) is 11.5 Å². The molecule has 7 nitrogen and oxygen atoms in total. The van der Waals surface area contributed by atoms with Crippen molar-refractivity contribution in [3.63, 3.8) is 0 Å². The van der Waals surface area contributed by atoms with Gasteiger partial charge in [-0.3, -0.25) is 9.59 Å². The number of hydrogen-bond donors (Lipinski definition) is 2. The minimum absolute atomic E-state index is 0.0583. The predicted molar refractivity (Wildman–Crippen MR) is 105 cm³/mol. The van der Waals surface area contributed by atoms with Gasteiger partial charge in [0, 0.05) is 53.0 Å². The first-order valence-corrected chi connectivity index (χ1v) is 8.96. The number of nitrogens with zero attached hydrogens (tertiary/aromatic N) is 1. The maximum Gasteiger partial charge on any atom is 0.238 e. The number of amides is 1. The number of aromatic nitrogens is 1. The molecule has 0 unspecified atom stereocenters. The van der Waals surface area contributed by atoms with Gasteiger partial charge in [-0.15, -0.1) is 0 Å². The maximum absolute atomic E-state index is 11.6. The molecule has 2 rings (SSSR count). The van der Waals surface area contributed by atoms with E-state index in [4.69, 9.17) is 9.47 Å². The van der Waals surface area contributed by atoms with Gasteiger partial charge in [0.1, 0.15) is 13.2 Å². The zero-order valence-electron chi connectivity index (χ0n) is 14.5. The first kappa shape index (κ1) is 19.5. The van der Waals surface area contributed by atoms with Crippen LogP contribution in [0.1, 0.15) is 17.4 Å². The van der Waals surface area contributed by atoms with Crippen LogP contribution in [0.4, 0.5) is 0 Å². The second-order valence-corrected chi connectivity index (χ2v) is 6.81. The van der Waals surface area contributed by atoms with Crippen molar-refractivity contribution < 1.29 is 19.1 Å². The Labute approximate surface area is 160 Å². The topological polar surface area (TPSA) is 83.7 Å². The van der Waals surface area contributed by atoms with Crippen molar-refractivity contribution >= 4 is 43.2 Å². The maximum atomic E-state index is 11.6. The lowest BCUT2D eigenvalue weighted by molar-refractivity contribution is -0.119. The molecule has 1 aromatic carbocycles. The lowest BCUT2D eigenvalue weighted by Crippen LogP contribution is -2.25. The number of ether oxygens (including phenoxy) is 2. The zero-order valence-corrected chi connectivity index (χ0v) is 16.7. The average molecular weight is 459 g/mol. The standard InChI is InChI=1S/C17H22IN3O4/c1-11(22)19-4-6-24-16-10-13-12(8-14(20-13)17(18)23)9-15(16)25-7-5-21(2)3/h8-10,20H,4-7H2,1-3H3,(H,19,22). The third kappa shape index (κ3) is 5.89. The van der Waals surface area contributed by atoms with E-state index in [1.54, 1.807) is 28.7 Å². The number of aromatic amines is 1. The molecule has 0 radical (unpaired) electrons. The number of carbonyl (C=O) groups excluding carboxylic acids is 2. The third-order valence-corrected chi connectivity index (χ3v) is 4.01. The predicted octanol–water partition coefficient (Wildman–Crippen LogP) is 2.20. The van der Waals surface area contributed by atoms with Crippen molar-refractivity contribution in [1.29, 1.82) is 0 Å². The van der Waals surface area contributed by atoms with Gasteiger partial charge in [-0.05, 0) is 26.2 Å². The summed E-state index contributed by atoms with van der Waals surface area (Å²) in [7, 11) is 3.95. The molecule has 25 heavy (non-hydrogen) atoms. The van der Waals surface area contributed by atoms with Crippen molar-refractivity contribution in [2.45, 2.75) is 6.92 Å². The summed E-state index contributed by atoms with van der Waals surface area (Å²) in [6, 6.07) is 5.47. The molecule has 0 saturated heterocycles. The quantitative estimate of drug-likeness (QED) is 0.342. The summed E-state index contributed by atoms with van der Waals surface area (Å²) in [5, 5.41) is 3.57. The molecule has 1 heterocycles. The fourth-order valence-electron chi connectivity index (χ4n) is 2.20. The monoisotopic (exact) mass is 459 g/mol. The van der Waals surface area contributed by atoms with E-state index in [9.17, 15) is 9.59 Å². The SMILES string of the molecule is CC(=O)NCCOc1cc2[nH]c(C(=O)I)cc2cc1OCCN(C)C. The molecule has 2 N–H and O–H groups in total. The van der Waals surface area contributed by atoms with E-state index < -0.39 is 0 Å². The first-order valence-electron chi connectivity index (χ1n) is 7.88. The summed E-state index contributed by atoms with van der Waals surface area (Å²) in [5.41, 5.74) is 1.33. The number of H-pyrrole nitrogens is 1. The largest absolute Gasteiger partial charge is 0.488 e. The van der Waals surface area contributed by atoms with Crippen LogP contribution in [0.3, 0.4) is 0 Å². The molecule has 0 bridgehead atoms. The van der Waals surface area contributed by atoms with Crippen LogP contribution in [0.15, 0.2) is 18.2 Å². The van der Waals surface area contributed by atoms with E-state index in [-0.39, 0.29) is 9.70 Å². The van der Waals surface area contributed by atoms with Gasteiger partial charge in [0.25, 0.3) is 0 Å². The van der Waals surface area contributed by atoms with Crippen molar-refractivity contribution in [2.75, 3.05) is 40.4 Å². The van der Waals surface area contributed by atoms with Gasteiger partial charge in [-0.25, -0.2) is 0 Å². The Hall–Kier alpha value is -1.81. The Kier molecular flexibility index (Phi) is 7.06. The fraction of sp³-hybridized carbons (Fsp3) is 0.412. The van der Waals surface area contributed by atoms with Crippen molar-refractivity contribution in [3.8, 4) is 11.5 Å². The molecule has 0 saturated carbocycles. The highest BCUT2D eigenvalue weighted by molar-refractivity contribution is 14.1. The van der Waals surface area contributed by atoms with Crippen molar-refractivity contribution in [3.05, 3.63) is 23.9 Å². The third-order valence-electron chi connectivity index (χ3n) is 3.43. The minimum Gasteiger partial charge on any atom is -0.488 e. The summed E-state index contributed by atoms with van der Waals surface area (Å²) in [6.45, 7) is 3.49. The van der Waals surface area contributed by atoms with Gasteiger partial charge in [0.2, 0.25) is 9.70 Å². The Balaban J connectivity index is 2.20. The lowest BCUT2D eigenvalue weighted by Gasteiger charge is -2.15. The lowest BCUT2D eigenvalue weighted by atomic mass is 10.2. The van der Waals surface area contributed by atoms with Crippen molar-refractivity contribution in [1.82, 2.24) is 15.2 Å². The molecule has 0 spiro atoms. The average Bonchev–Trinajstić information content (AvgIpc) is 2.94. The number of rotatable bonds is 9. The highest BCUT2D eigenvalue weighted by atomic mass is 127. The van der Waals surface area contributed by atoms with Crippen LogP contribution in [-0.2, 0) is 4.79 Å². The van der Waals surface area contributed by atoms with E-state index in [0.717, 1.165) is 17.4 Å². The molecule has 2 aromatic rings. The van der Waals surface area contributed by atoms with Crippen LogP contribution in [0.5, 0.6) is 11.5 Å². The smallest absolute Gasteiger partial charge is 0.238 e. The molecule has 0 atom stereocenters. The number of likely N-dealkylation sites (N-methyl/N-ethyl adjacent to an activating group) is 1. The molecule has 0 fully saturated rings. The second-order valence-electron chi connectivity index (χ2n) is 5.83. The van der Waals surface area contributed by atoms with Crippen LogP contribution < -0.4 is 14.8 Å². The molecular weight excluding hydrogens is 437 g/mol. The first-order chi connectivity index (χ1) is 11.9. The minimum atomic E-state index is -0.101. The second kappa shape index (κ2) is 9.04. The van der Waals surface area contributed by atoms with E-state index >= 15 is 0 Å². The molecule has 136 valence electrons. The molecular formula is C17H22IN3O4. The Morgan fingerprint density at radius 3 is 2.48 bits per heavy atom. The van der Waals surface area contributed by atoms with E-state index in [0.29, 0.717) is 37.0 Å². The van der Waals surface area contributed by atoms with E-state index in [2.05, 4.69) is 10.3 Å². The van der Waals surface area contributed by atoms with Crippen LogP contribution in [-0.4, -0.2) is 60.0 Å². The van der Waals surface area contributed by atoms with Gasteiger partial charge in [0.05, 0.1) is 12.2 Å². The molecule has 8 heteroatoms. The van der Waals surface area contributed by atoms with Crippen LogP contribution >= 0.6 is 22.6 Å². The summed E-state index contributed by atoms with van der Waals surface area (Å²) in [4.78, 5) is 27.6. The van der Waals surface area contributed by atoms with Gasteiger partial charge < -0.3 is 24.7 Å². The van der Waals surface area contributed by atoms with E-state index in [1.165, 1.54) is 6.92 Å². The van der Waals surface area contributed by atoms with Gasteiger partial charge >= 0.3 is 0 Å². The van der Waals surface area contributed by atoms with E-state index in [1.807, 2.05) is 31.1 Å². The molecule has 0 aliphatic heterocycles. The Morgan fingerprint density at radius 1 is 1.16 bits per heavy atom. The van der Waals surface area contributed by atoms with Crippen LogP contribution in [0.25, 0.3) is 10.9 Å². The number of fused-ring (bicyclic) bond motifs is 1. The summed E-state index contributed by atoms with van der Waals surface area (Å²) >= 11 is 1.75. The summed E-state index contributed by atoms with van der Waals surface area (Å²) < 4.78 is 11.6. The normalized spacial score (nSPS) is 10.9. The van der Waals surface area contributed by atoms with Crippen molar-refractivity contribution in [2.24, 2.45) is 0 Å². The number of hydrogen-bond acceptors (Lipinski definition) is 5. The Bertz CT molecular complexity index is 758. The number of halogens is 1. The van der Waals surface area contributed by atoms with Gasteiger partial charge in [-0.2, -0.15) is 0 Å². The molecule has 0 aliphatic carbocycles. The Morgan fingerprint density at radius 2 is 1.84 bits per heavy atom.